The van der Waals surface area contributed by atoms with Gasteiger partial charge in [-0.15, -0.1) is 0 Å². The highest BCUT2D eigenvalue weighted by Crippen LogP contribution is 2.35. The summed E-state index contributed by atoms with van der Waals surface area (Å²) in [6, 6.07) is 8.48. The minimum atomic E-state index is 0.141. The van der Waals surface area contributed by atoms with Gasteiger partial charge in [-0.2, -0.15) is 0 Å². The van der Waals surface area contributed by atoms with Crippen LogP contribution in [0, 0.1) is 0 Å². The smallest absolute Gasteiger partial charge is 0.122 e. The van der Waals surface area contributed by atoms with E-state index in [4.69, 9.17) is 10.5 Å². The molecular weight excluding hydrogens is 260 g/mol. The SMILES string of the molecule is CCN(CC1CCOc2ccccc21)C(CC)(CC)CN. The Kier molecular flexibility index (Phi) is 5.65. The molecule has 0 aliphatic carbocycles. The first-order valence-corrected chi connectivity index (χ1v) is 8.37. The summed E-state index contributed by atoms with van der Waals surface area (Å²) >= 11 is 0. The molecule has 1 aliphatic rings. The second kappa shape index (κ2) is 7.28. The van der Waals surface area contributed by atoms with Crippen LogP contribution in [0.2, 0.25) is 0 Å². The average Bonchev–Trinajstić information content (AvgIpc) is 2.56. The van der Waals surface area contributed by atoms with E-state index in [2.05, 4.69) is 49.9 Å². The fraction of sp³-hybridized carbons (Fsp3) is 0.667. The summed E-state index contributed by atoms with van der Waals surface area (Å²) in [5.74, 6) is 1.62. The second-order valence-electron chi connectivity index (χ2n) is 6.05. The van der Waals surface area contributed by atoms with Crippen molar-refractivity contribution in [2.24, 2.45) is 5.73 Å². The zero-order chi connectivity index (χ0) is 15.3. The summed E-state index contributed by atoms with van der Waals surface area (Å²) < 4.78 is 5.79. The number of fused-ring (bicyclic) bond motifs is 1. The molecule has 2 rings (SSSR count). The van der Waals surface area contributed by atoms with Crippen LogP contribution in [0.3, 0.4) is 0 Å². The molecule has 1 aromatic carbocycles. The number of rotatable bonds is 7. The molecule has 0 amide bonds. The van der Waals surface area contributed by atoms with Crippen molar-refractivity contribution in [2.45, 2.75) is 51.5 Å². The molecule has 118 valence electrons. The van der Waals surface area contributed by atoms with E-state index in [1.54, 1.807) is 0 Å². The fourth-order valence-electron chi connectivity index (χ4n) is 3.64. The minimum Gasteiger partial charge on any atom is -0.493 e. The maximum atomic E-state index is 6.14. The Morgan fingerprint density at radius 1 is 1.24 bits per heavy atom. The van der Waals surface area contributed by atoms with E-state index >= 15 is 0 Å². The molecule has 0 fully saturated rings. The van der Waals surface area contributed by atoms with Gasteiger partial charge >= 0.3 is 0 Å². The zero-order valence-electron chi connectivity index (χ0n) is 13.8. The molecule has 1 atom stereocenters. The summed E-state index contributed by atoms with van der Waals surface area (Å²) in [5, 5.41) is 0. The molecule has 3 heteroatoms. The Balaban J connectivity index is 2.20. The topological polar surface area (TPSA) is 38.5 Å². The predicted molar refractivity (Wildman–Crippen MR) is 88.9 cm³/mol. The Morgan fingerprint density at radius 3 is 2.57 bits per heavy atom. The van der Waals surface area contributed by atoms with Crippen molar-refractivity contribution in [3.8, 4) is 5.75 Å². The summed E-state index contributed by atoms with van der Waals surface area (Å²) in [4.78, 5) is 2.60. The number of likely N-dealkylation sites (N-methyl/N-ethyl adjacent to an activating group) is 1. The van der Waals surface area contributed by atoms with Crippen molar-refractivity contribution < 1.29 is 4.74 Å². The van der Waals surface area contributed by atoms with Crippen LogP contribution in [-0.4, -0.2) is 36.7 Å². The van der Waals surface area contributed by atoms with Crippen molar-refractivity contribution in [3.05, 3.63) is 29.8 Å². The zero-order valence-corrected chi connectivity index (χ0v) is 13.8. The van der Waals surface area contributed by atoms with E-state index in [-0.39, 0.29) is 5.54 Å². The first-order valence-electron chi connectivity index (χ1n) is 8.37. The molecule has 21 heavy (non-hydrogen) atoms. The third-order valence-corrected chi connectivity index (χ3v) is 5.27. The molecule has 1 heterocycles. The number of ether oxygens (including phenoxy) is 1. The second-order valence-corrected chi connectivity index (χ2v) is 6.05. The molecule has 1 aliphatic heterocycles. The predicted octanol–water partition coefficient (Wildman–Crippen LogP) is 3.39. The number of nitrogens with two attached hydrogens (primary N) is 1. The van der Waals surface area contributed by atoms with Gasteiger partial charge in [-0.25, -0.2) is 0 Å². The van der Waals surface area contributed by atoms with E-state index in [0.717, 1.165) is 51.3 Å². The summed E-state index contributed by atoms with van der Waals surface area (Å²) in [6.45, 7) is 10.5. The maximum absolute atomic E-state index is 6.14. The number of para-hydroxylation sites is 1. The highest BCUT2D eigenvalue weighted by Gasteiger charge is 2.33. The van der Waals surface area contributed by atoms with Crippen LogP contribution in [0.15, 0.2) is 24.3 Å². The normalized spacial score (nSPS) is 18.4. The van der Waals surface area contributed by atoms with Gasteiger partial charge in [-0.3, -0.25) is 4.90 Å². The Morgan fingerprint density at radius 2 is 1.95 bits per heavy atom. The molecule has 0 radical (unpaired) electrons. The third-order valence-electron chi connectivity index (χ3n) is 5.27. The lowest BCUT2D eigenvalue weighted by Gasteiger charge is -2.44. The van der Waals surface area contributed by atoms with Gasteiger partial charge in [0.15, 0.2) is 0 Å². The van der Waals surface area contributed by atoms with Gasteiger partial charge in [0.25, 0.3) is 0 Å². The molecule has 0 saturated carbocycles. The van der Waals surface area contributed by atoms with E-state index < -0.39 is 0 Å². The summed E-state index contributed by atoms with van der Waals surface area (Å²) in [7, 11) is 0. The minimum absolute atomic E-state index is 0.141. The molecule has 1 aromatic rings. The number of hydrogen-bond acceptors (Lipinski definition) is 3. The fourth-order valence-corrected chi connectivity index (χ4v) is 3.64. The van der Waals surface area contributed by atoms with Crippen LogP contribution in [0.5, 0.6) is 5.75 Å². The number of benzene rings is 1. The largest absolute Gasteiger partial charge is 0.493 e. The molecule has 0 spiro atoms. The van der Waals surface area contributed by atoms with Gasteiger partial charge in [0, 0.05) is 24.5 Å². The van der Waals surface area contributed by atoms with Crippen molar-refractivity contribution in [1.82, 2.24) is 4.90 Å². The first kappa shape index (κ1) is 16.3. The van der Waals surface area contributed by atoms with Gasteiger partial charge in [-0.1, -0.05) is 39.0 Å². The number of nitrogens with zero attached hydrogens (tertiary/aromatic N) is 1. The quantitative estimate of drug-likeness (QED) is 0.836. The lowest BCUT2D eigenvalue weighted by atomic mass is 9.86. The van der Waals surface area contributed by atoms with Crippen molar-refractivity contribution in [1.29, 1.82) is 0 Å². The van der Waals surface area contributed by atoms with Crippen LogP contribution in [-0.2, 0) is 0 Å². The van der Waals surface area contributed by atoms with Gasteiger partial charge < -0.3 is 10.5 Å². The van der Waals surface area contributed by atoms with Gasteiger partial charge in [0.05, 0.1) is 6.61 Å². The highest BCUT2D eigenvalue weighted by molar-refractivity contribution is 5.38. The van der Waals surface area contributed by atoms with Gasteiger partial charge in [-0.05, 0) is 37.4 Å². The monoisotopic (exact) mass is 290 g/mol. The maximum Gasteiger partial charge on any atom is 0.122 e. The highest BCUT2D eigenvalue weighted by atomic mass is 16.5. The summed E-state index contributed by atoms with van der Waals surface area (Å²) in [6.07, 6.45) is 3.32. The van der Waals surface area contributed by atoms with Crippen molar-refractivity contribution in [3.63, 3.8) is 0 Å². The lowest BCUT2D eigenvalue weighted by Crippen LogP contribution is -2.54. The van der Waals surface area contributed by atoms with Gasteiger partial charge in [0.1, 0.15) is 5.75 Å². The van der Waals surface area contributed by atoms with Crippen LogP contribution in [0.1, 0.15) is 51.5 Å². The Labute approximate surface area is 129 Å². The van der Waals surface area contributed by atoms with Crippen LogP contribution in [0.25, 0.3) is 0 Å². The first-order chi connectivity index (χ1) is 10.2. The molecule has 0 aromatic heterocycles. The van der Waals surface area contributed by atoms with E-state index in [0.29, 0.717) is 5.92 Å². The standard InChI is InChI=1S/C18H30N2O/c1-4-18(5-2,14-19)20(6-3)13-15-11-12-21-17-10-8-7-9-16(15)17/h7-10,15H,4-6,11-14,19H2,1-3H3. The van der Waals surface area contributed by atoms with E-state index in [1.807, 2.05) is 0 Å². The molecule has 2 N–H and O–H groups in total. The van der Waals surface area contributed by atoms with E-state index in [9.17, 15) is 0 Å². The van der Waals surface area contributed by atoms with Crippen molar-refractivity contribution >= 4 is 0 Å². The van der Waals surface area contributed by atoms with Crippen LogP contribution >= 0.6 is 0 Å². The Hall–Kier alpha value is -1.06. The van der Waals surface area contributed by atoms with Gasteiger partial charge in [0.2, 0.25) is 0 Å². The molecule has 0 saturated heterocycles. The molecular formula is C18H30N2O. The average molecular weight is 290 g/mol. The number of hydrogen-bond donors (Lipinski definition) is 1. The van der Waals surface area contributed by atoms with Crippen molar-refractivity contribution in [2.75, 3.05) is 26.2 Å². The summed E-state index contributed by atoms with van der Waals surface area (Å²) in [5.41, 5.74) is 7.64. The van der Waals surface area contributed by atoms with Crippen LogP contribution in [0.4, 0.5) is 0 Å². The third kappa shape index (κ3) is 3.24. The molecule has 1 unspecified atom stereocenters. The van der Waals surface area contributed by atoms with E-state index in [1.165, 1.54) is 5.56 Å². The lowest BCUT2D eigenvalue weighted by molar-refractivity contribution is 0.0772. The van der Waals surface area contributed by atoms with Crippen LogP contribution < -0.4 is 10.5 Å². The molecule has 0 bridgehead atoms. The molecule has 3 nitrogen and oxygen atoms in total. The Bertz CT molecular complexity index is 434.